The highest BCUT2D eigenvalue weighted by Gasteiger charge is 2.39. The molecular weight excluding hydrogens is 292 g/mol. The van der Waals surface area contributed by atoms with Gasteiger partial charge in [-0.3, -0.25) is 0 Å². The number of hydrogen-bond acceptors (Lipinski definition) is 2. The summed E-state index contributed by atoms with van der Waals surface area (Å²) in [5.41, 5.74) is 0.499. The van der Waals surface area contributed by atoms with E-state index in [4.69, 9.17) is 0 Å². The van der Waals surface area contributed by atoms with Crippen LogP contribution in [0.5, 0.6) is 0 Å². The predicted octanol–water partition coefficient (Wildman–Crippen LogP) is 2.83. The molecule has 0 spiro atoms. The summed E-state index contributed by atoms with van der Waals surface area (Å²) in [6.45, 7) is -1.05. The number of pyridine rings is 1. The topological polar surface area (TPSA) is 24.9 Å². The fraction of sp³-hybridized carbons (Fsp3) is 0.444. The van der Waals surface area contributed by atoms with Crippen molar-refractivity contribution >= 4 is 15.9 Å². The van der Waals surface area contributed by atoms with Crippen molar-refractivity contribution in [2.75, 3.05) is 6.54 Å². The SMILES string of the molecule is FC(F)C(F)(F)CNCc1cccc(Br)n1. The van der Waals surface area contributed by atoms with Gasteiger partial charge in [-0.05, 0) is 28.1 Å². The van der Waals surface area contributed by atoms with Crippen LogP contribution in [-0.4, -0.2) is 23.9 Å². The average Bonchev–Trinajstić information content (AvgIpc) is 2.17. The molecule has 1 heterocycles. The van der Waals surface area contributed by atoms with Gasteiger partial charge in [0.1, 0.15) is 4.60 Å². The van der Waals surface area contributed by atoms with E-state index in [9.17, 15) is 17.6 Å². The normalized spacial score (nSPS) is 12.1. The summed E-state index contributed by atoms with van der Waals surface area (Å²) in [7, 11) is 0. The van der Waals surface area contributed by atoms with Crippen LogP contribution in [0.4, 0.5) is 17.6 Å². The van der Waals surface area contributed by atoms with Crippen LogP contribution in [0.2, 0.25) is 0 Å². The first-order valence-corrected chi connectivity index (χ1v) is 5.19. The van der Waals surface area contributed by atoms with Gasteiger partial charge in [-0.25, -0.2) is 13.8 Å². The van der Waals surface area contributed by atoms with E-state index >= 15 is 0 Å². The summed E-state index contributed by atoms with van der Waals surface area (Å²) in [5, 5.41) is 2.24. The van der Waals surface area contributed by atoms with Crippen molar-refractivity contribution in [2.45, 2.75) is 18.9 Å². The molecule has 0 aromatic carbocycles. The van der Waals surface area contributed by atoms with E-state index in [1.165, 1.54) is 0 Å². The van der Waals surface area contributed by atoms with Gasteiger partial charge in [0.25, 0.3) is 0 Å². The number of halogens is 5. The Labute approximate surface area is 98.2 Å². The number of rotatable bonds is 5. The predicted molar refractivity (Wildman–Crippen MR) is 54.6 cm³/mol. The summed E-state index contributed by atoms with van der Waals surface area (Å²) in [5.74, 6) is -4.01. The smallest absolute Gasteiger partial charge is 0.305 e. The summed E-state index contributed by atoms with van der Waals surface area (Å²) in [4.78, 5) is 3.96. The molecule has 16 heavy (non-hydrogen) atoms. The molecule has 0 saturated heterocycles. The van der Waals surface area contributed by atoms with Crippen LogP contribution in [0.15, 0.2) is 22.8 Å². The molecule has 1 aromatic heterocycles. The van der Waals surface area contributed by atoms with Crippen molar-refractivity contribution in [1.82, 2.24) is 10.3 Å². The molecule has 0 bridgehead atoms. The second kappa shape index (κ2) is 5.58. The van der Waals surface area contributed by atoms with Crippen LogP contribution in [0.3, 0.4) is 0 Å². The Morgan fingerprint density at radius 2 is 2.06 bits per heavy atom. The van der Waals surface area contributed by atoms with Gasteiger partial charge < -0.3 is 5.32 Å². The fourth-order valence-corrected chi connectivity index (χ4v) is 1.36. The lowest BCUT2D eigenvalue weighted by molar-refractivity contribution is -0.125. The molecule has 90 valence electrons. The summed E-state index contributed by atoms with van der Waals surface area (Å²) in [6.07, 6.45) is -3.66. The minimum Gasteiger partial charge on any atom is -0.305 e. The highest BCUT2D eigenvalue weighted by molar-refractivity contribution is 9.10. The Bertz CT molecular complexity index is 346. The first-order chi connectivity index (χ1) is 7.42. The minimum atomic E-state index is -4.01. The molecule has 0 aliphatic heterocycles. The molecule has 1 N–H and O–H groups in total. The maximum atomic E-state index is 12.5. The molecule has 0 atom stereocenters. The minimum absolute atomic E-state index is 0.0156. The Balaban J connectivity index is 2.42. The average molecular weight is 301 g/mol. The van der Waals surface area contributed by atoms with Crippen LogP contribution in [0.1, 0.15) is 5.69 Å². The Morgan fingerprint density at radius 1 is 1.38 bits per heavy atom. The molecule has 0 radical (unpaired) electrons. The maximum absolute atomic E-state index is 12.5. The molecule has 0 unspecified atom stereocenters. The zero-order valence-corrected chi connectivity index (χ0v) is 9.65. The van der Waals surface area contributed by atoms with E-state index in [0.717, 1.165) is 0 Å². The molecule has 0 amide bonds. The number of nitrogens with zero attached hydrogens (tertiary/aromatic N) is 1. The van der Waals surface area contributed by atoms with E-state index in [1.807, 2.05) is 0 Å². The van der Waals surface area contributed by atoms with Crippen LogP contribution < -0.4 is 5.32 Å². The summed E-state index contributed by atoms with van der Waals surface area (Å²) >= 11 is 3.11. The number of alkyl halides is 4. The fourth-order valence-electron chi connectivity index (χ4n) is 0.983. The van der Waals surface area contributed by atoms with Crippen molar-refractivity contribution in [3.63, 3.8) is 0 Å². The van der Waals surface area contributed by atoms with Gasteiger partial charge in [-0.2, -0.15) is 8.78 Å². The zero-order chi connectivity index (χ0) is 12.2. The second-order valence-corrected chi connectivity index (χ2v) is 3.93. The number of nitrogens with one attached hydrogen (secondary N) is 1. The molecular formula is C9H9BrF4N2. The molecule has 1 rings (SSSR count). The van der Waals surface area contributed by atoms with Crippen molar-refractivity contribution in [2.24, 2.45) is 0 Å². The van der Waals surface area contributed by atoms with Crippen molar-refractivity contribution < 1.29 is 17.6 Å². The lowest BCUT2D eigenvalue weighted by Gasteiger charge is -2.15. The van der Waals surface area contributed by atoms with Crippen molar-refractivity contribution in [3.8, 4) is 0 Å². The first-order valence-electron chi connectivity index (χ1n) is 4.40. The molecule has 2 nitrogen and oxygen atoms in total. The quantitative estimate of drug-likeness (QED) is 0.668. The highest BCUT2D eigenvalue weighted by atomic mass is 79.9. The third kappa shape index (κ3) is 4.05. The molecule has 7 heteroatoms. The number of hydrogen-bond donors (Lipinski definition) is 1. The van der Waals surface area contributed by atoms with Crippen molar-refractivity contribution in [1.29, 1.82) is 0 Å². The Kier molecular flexibility index (Phi) is 4.67. The second-order valence-electron chi connectivity index (χ2n) is 3.12. The van der Waals surface area contributed by atoms with Gasteiger partial charge in [0.2, 0.25) is 0 Å². The summed E-state index contributed by atoms with van der Waals surface area (Å²) in [6, 6.07) is 4.97. The van der Waals surface area contributed by atoms with Gasteiger partial charge in [0, 0.05) is 6.54 Å². The van der Waals surface area contributed by atoms with E-state index in [2.05, 4.69) is 26.2 Å². The van der Waals surface area contributed by atoms with Gasteiger partial charge in [-0.15, -0.1) is 0 Å². The maximum Gasteiger partial charge on any atom is 0.319 e. The number of aromatic nitrogens is 1. The van der Waals surface area contributed by atoms with Gasteiger partial charge >= 0.3 is 12.3 Å². The third-order valence-corrected chi connectivity index (χ3v) is 2.20. The van der Waals surface area contributed by atoms with Gasteiger partial charge in [0.15, 0.2) is 0 Å². The van der Waals surface area contributed by atoms with Crippen LogP contribution in [0.25, 0.3) is 0 Å². The monoisotopic (exact) mass is 300 g/mol. The van der Waals surface area contributed by atoms with Crippen LogP contribution in [-0.2, 0) is 6.54 Å². The lowest BCUT2D eigenvalue weighted by atomic mass is 10.3. The first kappa shape index (κ1) is 13.4. The van der Waals surface area contributed by atoms with Crippen molar-refractivity contribution in [3.05, 3.63) is 28.5 Å². The third-order valence-electron chi connectivity index (χ3n) is 1.76. The van der Waals surface area contributed by atoms with Gasteiger partial charge in [-0.1, -0.05) is 6.07 Å². The summed E-state index contributed by atoms with van der Waals surface area (Å²) < 4.78 is 49.1. The van der Waals surface area contributed by atoms with E-state index in [0.29, 0.717) is 10.3 Å². The molecule has 0 fully saturated rings. The Morgan fingerprint density at radius 3 is 2.62 bits per heavy atom. The van der Waals surface area contributed by atoms with Gasteiger partial charge in [0.05, 0.1) is 12.2 Å². The molecule has 0 saturated carbocycles. The molecule has 0 aliphatic carbocycles. The van der Waals surface area contributed by atoms with Crippen LogP contribution in [0, 0.1) is 0 Å². The molecule has 1 aromatic rings. The zero-order valence-electron chi connectivity index (χ0n) is 8.06. The van der Waals surface area contributed by atoms with E-state index < -0.39 is 18.9 Å². The van der Waals surface area contributed by atoms with E-state index in [-0.39, 0.29) is 6.54 Å². The van der Waals surface area contributed by atoms with E-state index in [1.54, 1.807) is 18.2 Å². The standard InChI is InChI=1S/C9H9BrF4N2/c10-7-3-1-2-6(16-7)4-15-5-9(13,14)8(11)12/h1-3,8,15H,4-5H2. The lowest BCUT2D eigenvalue weighted by Crippen LogP contribution is -2.38. The van der Waals surface area contributed by atoms with Crippen LogP contribution >= 0.6 is 15.9 Å². The molecule has 0 aliphatic rings. The highest BCUT2D eigenvalue weighted by Crippen LogP contribution is 2.21. The Hall–Kier alpha value is -0.690. The largest absolute Gasteiger partial charge is 0.319 e.